The summed E-state index contributed by atoms with van der Waals surface area (Å²) in [4.78, 5) is 11.6. The second-order valence-corrected chi connectivity index (χ2v) is 4.05. The first kappa shape index (κ1) is 14.4. The van der Waals surface area contributed by atoms with Gasteiger partial charge in [-0.3, -0.25) is 4.79 Å². The van der Waals surface area contributed by atoms with Gasteiger partial charge in [0, 0.05) is 6.04 Å². The van der Waals surface area contributed by atoms with E-state index in [2.05, 4.69) is 33.0 Å². The first-order valence-electron chi connectivity index (χ1n) is 5.94. The molecule has 1 N–H and O–H groups in total. The van der Waals surface area contributed by atoms with Gasteiger partial charge in [0.1, 0.15) is 6.04 Å². The molecule has 0 aliphatic rings. The molecular weight excluding hydrogens is 190 g/mol. The van der Waals surface area contributed by atoms with Gasteiger partial charge in [0.2, 0.25) is 0 Å². The van der Waals surface area contributed by atoms with Crippen molar-refractivity contribution < 1.29 is 9.53 Å². The van der Waals surface area contributed by atoms with Crippen LogP contribution in [-0.4, -0.2) is 25.2 Å². The van der Waals surface area contributed by atoms with Gasteiger partial charge < -0.3 is 10.1 Å². The first-order chi connectivity index (χ1) is 7.10. The smallest absolute Gasteiger partial charge is 0.323 e. The van der Waals surface area contributed by atoms with Gasteiger partial charge in [-0.2, -0.15) is 0 Å². The van der Waals surface area contributed by atoms with Gasteiger partial charge >= 0.3 is 5.97 Å². The van der Waals surface area contributed by atoms with Crippen LogP contribution in [0.15, 0.2) is 0 Å². The number of hydrogen-bond acceptors (Lipinski definition) is 3. The molecule has 90 valence electrons. The normalized spacial score (nSPS) is 15.1. The fourth-order valence-corrected chi connectivity index (χ4v) is 1.71. The molecule has 2 atom stereocenters. The molecule has 0 aliphatic heterocycles. The maximum atomic E-state index is 11.6. The van der Waals surface area contributed by atoms with Gasteiger partial charge in [-0.25, -0.2) is 0 Å². The third-order valence-electron chi connectivity index (χ3n) is 3.05. The number of nitrogens with one attached hydrogen (secondary N) is 1. The van der Waals surface area contributed by atoms with E-state index in [1.165, 1.54) is 7.11 Å². The van der Waals surface area contributed by atoms with E-state index in [4.69, 9.17) is 4.74 Å². The molecule has 0 amide bonds. The van der Waals surface area contributed by atoms with Crippen molar-refractivity contribution in [2.75, 3.05) is 7.11 Å². The fraction of sp³-hybridized carbons (Fsp3) is 0.917. The summed E-state index contributed by atoms with van der Waals surface area (Å²) in [5.74, 6) is 0.232. The van der Waals surface area contributed by atoms with Gasteiger partial charge in [-0.15, -0.1) is 0 Å². The van der Waals surface area contributed by atoms with E-state index >= 15 is 0 Å². The highest BCUT2D eigenvalue weighted by Gasteiger charge is 2.27. The molecule has 0 aromatic heterocycles. The van der Waals surface area contributed by atoms with E-state index in [-0.39, 0.29) is 12.0 Å². The van der Waals surface area contributed by atoms with Crippen LogP contribution >= 0.6 is 0 Å². The Bertz CT molecular complexity index is 178. The molecular formula is C12H25NO2. The number of hydrogen-bond donors (Lipinski definition) is 1. The van der Waals surface area contributed by atoms with Crippen molar-refractivity contribution in [3.63, 3.8) is 0 Å². The van der Waals surface area contributed by atoms with Crippen LogP contribution in [-0.2, 0) is 9.53 Å². The van der Waals surface area contributed by atoms with Crippen LogP contribution in [0, 0.1) is 5.92 Å². The molecule has 15 heavy (non-hydrogen) atoms. The van der Waals surface area contributed by atoms with Crippen molar-refractivity contribution in [1.29, 1.82) is 0 Å². The number of carbonyl (C=O) groups excluding carboxylic acids is 1. The van der Waals surface area contributed by atoms with Crippen molar-refractivity contribution in [2.45, 2.75) is 59.0 Å². The predicted octanol–water partition coefficient (Wildman–Crippen LogP) is 2.35. The Morgan fingerprint density at radius 3 is 2.07 bits per heavy atom. The number of rotatable bonds is 7. The van der Waals surface area contributed by atoms with E-state index in [0.717, 1.165) is 19.3 Å². The summed E-state index contributed by atoms with van der Waals surface area (Å²) in [5, 5.41) is 3.34. The van der Waals surface area contributed by atoms with Crippen molar-refractivity contribution in [3.05, 3.63) is 0 Å². The Balaban J connectivity index is 4.48. The van der Waals surface area contributed by atoms with Gasteiger partial charge in [-0.1, -0.05) is 33.6 Å². The minimum atomic E-state index is -0.153. The van der Waals surface area contributed by atoms with Gasteiger partial charge in [0.15, 0.2) is 0 Å². The minimum Gasteiger partial charge on any atom is -0.468 e. The zero-order valence-electron chi connectivity index (χ0n) is 10.7. The lowest BCUT2D eigenvalue weighted by Gasteiger charge is -2.26. The van der Waals surface area contributed by atoms with Crippen LogP contribution < -0.4 is 5.32 Å². The lowest BCUT2D eigenvalue weighted by atomic mass is 9.93. The Morgan fingerprint density at radius 2 is 1.73 bits per heavy atom. The van der Waals surface area contributed by atoms with Crippen molar-refractivity contribution in [3.8, 4) is 0 Å². The molecule has 0 spiro atoms. The highest BCUT2D eigenvalue weighted by Crippen LogP contribution is 2.15. The van der Waals surface area contributed by atoms with Crippen molar-refractivity contribution in [2.24, 2.45) is 5.92 Å². The number of methoxy groups -OCH3 is 1. The van der Waals surface area contributed by atoms with E-state index < -0.39 is 0 Å². The van der Waals surface area contributed by atoms with Crippen LogP contribution in [0.2, 0.25) is 0 Å². The molecule has 0 fully saturated rings. The Hall–Kier alpha value is -0.570. The maximum Gasteiger partial charge on any atom is 0.323 e. The average molecular weight is 215 g/mol. The quantitative estimate of drug-likeness (QED) is 0.662. The molecule has 0 rings (SSSR count). The fourth-order valence-electron chi connectivity index (χ4n) is 1.71. The Kier molecular flexibility index (Phi) is 7.39. The molecule has 0 saturated heterocycles. The number of ether oxygens (including phenoxy) is 1. The zero-order valence-corrected chi connectivity index (χ0v) is 10.7. The lowest BCUT2D eigenvalue weighted by molar-refractivity contribution is -0.145. The maximum absolute atomic E-state index is 11.6. The molecule has 0 aromatic carbocycles. The molecule has 0 heterocycles. The minimum absolute atomic E-state index is 0.135. The van der Waals surface area contributed by atoms with Crippen molar-refractivity contribution in [1.82, 2.24) is 5.32 Å². The molecule has 3 heteroatoms. The standard InChI is InChI=1S/C12H25NO2/c1-6-9(4)13-11(12(14)15-5)10(7-2)8-3/h9-11,13H,6-8H2,1-5H3. The zero-order chi connectivity index (χ0) is 11.8. The molecule has 0 saturated carbocycles. The van der Waals surface area contributed by atoms with Crippen LogP contribution in [0.5, 0.6) is 0 Å². The number of esters is 1. The molecule has 0 aromatic rings. The molecule has 2 unspecified atom stereocenters. The molecule has 3 nitrogen and oxygen atoms in total. The van der Waals surface area contributed by atoms with Crippen LogP contribution in [0.4, 0.5) is 0 Å². The number of carbonyl (C=O) groups is 1. The predicted molar refractivity (Wildman–Crippen MR) is 62.8 cm³/mol. The van der Waals surface area contributed by atoms with E-state index in [1.54, 1.807) is 0 Å². The average Bonchev–Trinajstić information content (AvgIpc) is 2.27. The van der Waals surface area contributed by atoms with Crippen molar-refractivity contribution >= 4 is 5.97 Å². The van der Waals surface area contributed by atoms with Gasteiger partial charge in [0.25, 0.3) is 0 Å². The molecule has 0 radical (unpaired) electrons. The summed E-state index contributed by atoms with van der Waals surface area (Å²) in [6, 6.07) is 0.203. The van der Waals surface area contributed by atoms with Crippen LogP contribution in [0.25, 0.3) is 0 Å². The largest absolute Gasteiger partial charge is 0.468 e. The topological polar surface area (TPSA) is 38.3 Å². The Labute approximate surface area is 93.6 Å². The summed E-state index contributed by atoms with van der Waals surface area (Å²) in [6.45, 7) is 8.43. The van der Waals surface area contributed by atoms with Gasteiger partial charge in [0.05, 0.1) is 7.11 Å². The molecule has 0 bridgehead atoms. The third-order valence-corrected chi connectivity index (χ3v) is 3.05. The van der Waals surface area contributed by atoms with Crippen LogP contribution in [0.1, 0.15) is 47.0 Å². The van der Waals surface area contributed by atoms with Gasteiger partial charge in [-0.05, 0) is 19.3 Å². The summed E-state index contributed by atoms with van der Waals surface area (Å²) in [6.07, 6.45) is 3.02. The second kappa shape index (κ2) is 7.69. The SMILES string of the molecule is CCC(C)NC(C(=O)OC)C(CC)CC. The van der Waals surface area contributed by atoms with E-state index in [9.17, 15) is 4.79 Å². The monoisotopic (exact) mass is 215 g/mol. The lowest BCUT2D eigenvalue weighted by Crippen LogP contribution is -2.47. The summed E-state index contributed by atoms with van der Waals surface area (Å²) in [7, 11) is 1.45. The first-order valence-corrected chi connectivity index (χ1v) is 5.94. The summed E-state index contributed by atoms with van der Waals surface area (Å²) in [5.41, 5.74) is 0. The highest BCUT2D eigenvalue weighted by atomic mass is 16.5. The van der Waals surface area contributed by atoms with E-state index in [1.807, 2.05) is 0 Å². The summed E-state index contributed by atoms with van der Waals surface area (Å²) >= 11 is 0. The summed E-state index contributed by atoms with van der Waals surface area (Å²) < 4.78 is 4.84. The second-order valence-electron chi connectivity index (χ2n) is 4.05. The Morgan fingerprint density at radius 1 is 1.20 bits per heavy atom. The van der Waals surface area contributed by atoms with Crippen LogP contribution in [0.3, 0.4) is 0 Å². The highest BCUT2D eigenvalue weighted by molar-refractivity contribution is 5.76. The molecule has 0 aliphatic carbocycles. The third kappa shape index (κ3) is 4.65. The van der Waals surface area contributed by atoms with E-state index in [0.29, 0.717) is 12.0 Å².